The first kappa shape index (κ1) is 13.4. The van der Waals surface area contributed by atoms with Crippen LogP contribution in [0.3, 0.4) is 0 Å². The van der Waals surface area contributed by atoms with E-state index in [2.05, 4.69) is 10.4 Å². The Kier molecular flexibility index (Phi) is 4.06. The predicted molar refractivity (Wildman–Crippen MR) is 78.2 cm³/mol. The second kappa shape index (κ2) is 5.75. The van der Waals surface area contributed by atoms with Crippen molar-refractivity contribution in [3.05, 3.63) is 29.8 Å². The molecule has 3 N–H and O–H groups in total. The van der Waals surface area contributed by atoms with E-state index in [4.69, 9.17) is 10.5 Å². The van der Waals surface area contributed by atoms with Gasteiger partial charge in [-0.1, -0.05) is 12.1 Å². The van der Waals surface area contributed by atoms with Gasteiger partial charge in [0.25, 0.3) is 0 Å². The molecule has 0 unspecified atom stereocenters. The Labute approximate surface area is 113 Å². The fourth-order valence-corrected chi connectivity index (χ4v) is 1.98. The van der Waals surface area contributed by atoms with Crippen molar-refractivity contribution in [1.29, 1.82) is 0 Å². The maximum atomic E-state index is 6.07. The lowest BCUT2D eigenvalue weighted by molar-refractivity contribution is 0.184. The van der Waals surface area contributed by atoms with Crippen molar-refractivity contribution in [2.75, 3.05) is 31.8 Å². The van der Waals surface area contributed by atoms with E-state index in [0.717, 1.165) is 22.5 Å². The monoisotopic (exact) mass is 260 g/mol. The average Bonchev–Trinajstić information content (AvgIpc) is 2.73. The van der Waals surface area contributed by atoms with Crippen molar-refractivity contribution >= 4 is 11.5 Å². The Bertz CT molecular complexity index is 545. The molecule has 0 aliphatic heterocycles. The number of hydrogen-bond acceptors (Lipinski definition) is 4. The summed E-state index contributed by atoms with van der Waals surface area (Å²) in [5.41, 5.74) is 10.2. The molecule has 102 valence electrons. The zero-order chi connectivity index (χ0) is 13.8. The van der Waals surface area contributed by atoms with Gasteiger partial charge in [-0.25, -0.2) is 4.68 Å². The summed E-state index contributed by atoms with van der Waals surface area (Å²) in [5, 5.41) is 7.66. The average molecular weight is 260 g/mol. The number of nitrogens with one attached hydrogen (secondary N) is 1. The van der Waals surface area contributed by atoms with E-state index in [9.17, 15) is 0 Å². The largest absolute Gasteiger partial charge is 0.388 e. The number of nitrogens with two attached hydrogens (primary N) is 1. The molecule has 0 bridgehead atoms. The highest BCUT2D eigenvalue weighted by molar-refractivity contribution is 5.69. The standard InChI is InChI=1S/C14H20N4O/c1-10-13(11-4-6-12(16-2)7-5-11)17-18(14(10)15)8-9-19-3/h4-7,16H,8-9,15H2,1-3H3. The first-order valence-electron chi connectivity index (χ1n) is 6.27. The minimum absolute atomic E-state index is 0.601. The maximum Gasteiger partial charge on any atom is 0.125 e. The third kappa shape index (κ3) is 2.71. The summed E-state index contributed by atoms with van der Waals surface area (Å²) in [5.74, 6) is 0.699. The van der Waals surface area contributed by atoms with Crippen LogP contribution in [-0.2, 0) is 11.3 Å². The van der Waals surface area contributed by atoms with Gasteiger partial charge in [0.2, 0.25) is 0 Å². The molecule has 5 heteroatoms. The first-order valence-corrected chi connectivity index (χ1v) is 6.27. The van der Waals surface area contributed by atoms with Crippen LogP contribution < -0.4 is 11.1 Å². The van der Waals surface area contributed by atoms with Crippen LogP contribution in [0.25, 0.3) is 11.3 Å². The second-order valence-electron chi connectivity index (χ2n) is 4.40. The van der Waals surface area contributed by atoms with Crippen LogP contribution in [-0.4, -0.2) is 30.5 Å². The van der Waals surface area contributed by atoms with Crippen molar-refractivity contribution in [3.63, 3.8) is 0 Å². The maximum absolute atomic E-state index is 6.07. The minimum atomic E-state index is 0.601. The molecule has 0 saturated carbocycles. The summed E-state index contributed by atoms with van der Waals surface area (Å²) >= 11 is 0. The van der Waals surface area contributed by atoms with Crippen LogP contribution >= 0.6 is 0 Å². The molecule has 0 atom stereocenters. The molecule has 0 radical (unpaired) electrons. The number of nitrogens with zero attached hydrogens (tertiary/aromatic N) is 2. The van der Waals surface area contributed by atoms with E-state index in [1.54, 1.807) is 11.8 Å². The Morgan fingerprint density at radius 3 is 2.58 bits per heavy atom. The van der Waals surface area contributed by atoms with Gasteiger partial charge in [-0.2, -0.15) is 5.10 Å². The third-order valence-corrected chi connectivity index (χ3v) is 3.19. The summed E-state index contributed by atoms with van der Waals surface area (Å²) < 4.78 is 6.85. The number of methoxy groups -OCH3 is 1. The molecule has 1 aromatic heterocycles. The van der Waals surface area contributed by atoms with Crippen LogP contribution in [0.4, 0.5) is 11.5 Å². The SMILES string of the molecule is CNc1ccc(-c2nn(CCOC)c(N)c2C)cc1. The third-order valence-electron chi connectivity index (χ3n) is 3.19. The highest BCUT2D eigenvalue weighted by Crippen LogP contribution is 2.27. The number of aromatic nitrogens is 2. The zero-order valence-electron chi connectivity index (χ0n) is 11.6. The lowest BCUT2D eigenvalue weighted by atomic mass is 10.1. The van der Waals surface area contributed by atoms with E-state index < -0.39 is 0 Å². The van der Waals surface area contributed by atoms with Crippen LogP contribution in [0, 0.1) is 6.92 Å². The predicted octanol–water partition coefficient (Wildman–Crippen LogP) is 2.13. The van der Waals surface area contributed by atoms with Gasteiger partial charge in [0.1, 0.15) is 5.82 Å². The van der Waals surface area contributed by atoms with Crippen molar-refractivity contribution < 1.29 is 4.74 Å². The van der Waals surface area contributed by atoms with Crippen molar-refractivity contribution in [1.82, 2.24) is 9.78 Å². The smallest absolute Gasteiger partial charge is 0.125 e. The van der Waals surface area contributed by atoms with Crippen LogP contribution in [0.5, 0.6) is 0 Å². The summed E-state index contributed by atoms with van der Waals surface area (Å²) in [6, 6.07) is 8.14. The van der Waals surface area contributed by atoms with E-state index in [1.807, 2.05) is 38.2 Å². The molecule has 2 aromatic rings. The van der Waals surface area contributed by atoms with Gasteiger partial charge >= 0.3 is 0 Å². The number of benzene rings is 1. The Hall–Kier alpha value is -2.01. The van der Waals surface area contributed by atoms with E-state index in [0.29, 0.717) is 19.0 Å². The van der Waals surface area contributed by atoms with Gasteiger partial charge in [0.15, 0.2) is 0 Å². The first-order chi connectivity index (χ1) is 9.17. The van der Waals surface area contributed by atoms with Crippen LogP contribution in [0.15, 0.2) is 24.3 Å². The Balaban J connectivity index is 2.33. The van der Waals surface area contributed by atoms with Gasteiger partial charge in [-0.05, 0) is 19.1 Å². The molecule has 19 heavy (non-hydrogen) atoms. The topological polar surface area (TPSA) is 65.1 Å². The molecule has 0 fully saturated rings. The molecule has 0 spiro atoms. The van der Waals surface area contributed by atoms with Gasteiger partial charge in [0.05, 0.1) is 18.8 Å². The normalized spacial score (nSPS) is 10.7. The van der Waals surface area contributed by atoms with Crippen molar-refractivity contribution in [3.8, 4) is 11.3 Å². The highest BCUT2D eigenvalue weighted by Gasteiger charge is 2.13. The van der Waals surface area contributed by atoms with Gasteiger partial charge in [-0.15, -0.1) is 0 Å². The number of ether oxygens (including phenoxy) is 1. The number of rotatable bonds is 5. The molecule has 0 saturated heterocycles. The zero-order valence-corrected chi connectivity index (χ0v) is 11.6. The second-order valence-corrected chi connectivity index (χ2v) is 4.40. The van der Waals surface area contributed by atoms with Crippen LogP contribution in [0.1, 0.15) is 5.56 Å². The van der Waals surface area contributed by atoms with Crippen molar-refractivity contribution in [2.45, 2.75) is 13.5 Å². The number of anilines is 2. The van der Waals surface area contributed by atoms with Gasteiger partial charge < -0.3 is 15.8 Å². The van der Waals surface area contributed by atoms with Gasteiger partial charge in [0, 0.05) is 31.0 Å². The Morgan fingerprint density at radius 2 is 2.00 bits per heavy atom. The minimum Gasteiger partial charge on any atom is -0.388 e. The number of nitrogen functional groups attached to an aromatic ring is 1. The molecule has 2 rings (SSSR count). The summed E-state index contributed by atoms with van der Waals surface area (Å²) in [4.78, 5) is 0. The fourth-order valence-electron chi connectivity index (χ4n) is 1.98. The van der Waals surface area contributed by atoms with Gasteiger partial charge in [-0.3, -0.25) is 0 Å². The highest BCUT2D eigenvalue weighted by atomic mass is 16.5. The molecule has 1 aromatic carbocycles. The fraction of sp³-hybridized carbons (Fsp3) is 0.357. The molecule has 5 nitrogen and oxygen atoms in total. The van der Waals surface area contributed by atoms with E-state index >= 15 is 0 Å². The molecular weight excluding hydrogens is 240 g/mol. The van der Waals surface area contributed by atoms with Crippen molar-refractivity contribution in [2.24, 2.45) is 0 Å². The lowest BCUT2D eigenvalue weighted by Crippen LogP contribution is -2.09. The lowest BCUT2D eigenvalue weighted by Gasteiger charge is -2.02. The summed E-state index contributed by atoms with van der Waals surface area (Å²) in [6.07, 6.45) is 0. The number of hydrogen-bond donors (Lipinski definition) is 2. The Morgan fingerprint density at radius 1 is 1.32 bits per heavy atom. The molecular formula is C14H20N4O. The summed E-state index contributed by atoms with van der Waals surface area (Å²) in [7, 11) is 3.57. The van der Waals surface area contributed by atoms with Crippen LogP contribution in [0.2, 0.25) is 0 Å². The van der Waals surface area contributed by atoms with E-state index in [-0.39, 0.29) is 0 Å². The van der Waals surface area contributed by atoms with E-state index in [1.165, 1.54) is 0 Å². The molecule has 0 amide bonds. The molecule has 0 aliphatic carbocycles. The molecule has 1 heterocycles. The summed E-state index contributed by atoms with van der Waals surface area (Å²) in [6.45, 7) is 3.26. The quantitative estimate of drug-likeness (QED) is 0.864. The molecule has 0 aliphatic rings.